The number of fused-ring (bicyclic) bond motifs is 1. The summed E-state index contributed by atoms with van der Waals surface area (Å²) in [5, 5.41) is 12.0. The van der Waals surface area contributed by atoms with Crippen molar-refractivity contribution in [3.05, 3.63) is 64.5 Å². The zero-order valence-electron chi connectivity index (χ0n) is 18.7. The summed E-state index contributed by atoms with van der Waals surface area (Å²) in [6.45, 7) is 7.06. The molecule has 32 heavy (non-hydrogen) atoms. The van der Waals surface area contributed by atoms with Gasteiger partial charge in [-0.2, -0.15) is 5.26 Å². The SMILES string of the molecule is Cc1ccc2c(c1)CCN(CCCNC(=O)C1CCCN(c3ccc(C#N)cc3F)C1)C2. The van der Waals surface area contributed by atoms with Crippen molar-refractivity contribution in [3.63, 3.8) is 0 Å². The quantitative estimate of drug-likeness (QED) is 0.703. The number of halogens is 1. The third kappa shape index (κ3) is 5.28. The number of rotatable bonds is 6. The number of piperidine rings is 1. The third-order valence-corrected chi connectivity index (χ3v) is 6.61. The lowest BCUT2D eigenvalue weighted by molar-refractivity contribution is -0.125. The van der Waals surface area contributed by atoms with Gasteiger partial charge in [0.05, 0.1) is 23.2 Å². The summed E-state index contributed by atoms with van der Waals surface area (Å²) in [5.74, 6) is -0.476. The number of carbonyl (C=O) groups is 1. The number of hydrogen-bond acceptors (Lipinski definition) is 4. The number of nitriles is 1. The van der Waals surface area contributed by atoms with Gasteiger partial charge in [-0.05, 0) is 61.9 Å². The molecule has 0 bridgehead atoms. The van der Waals surface area contributed by atoms with Crippen LogP contribution in [-0.4, -0.2) is 43.5 Å². The van der Waals surface area contributed by atoms with Crippen LogP contribution in [0.5, 0.6) is 0 Å². The first-order valence-electron chi connectivity index (χ1n) is 11.6. The number of benzene rings is 2. The molecule has 5 nitrogen and oxygen atoms in total. The summed E-state index contributed by atoms with van der Waals surface area (Å²) in [6.07, 6.45) is 3.69. The Morgan fingerprint density at radius 1 is 1.22 bits per heavy atom. The lowest BCUT2D eigenvalue weighted by atomic mass is 9.96. The molecule has 2 aromatic carbocycles. The Balaban J connectivity index is 1.22. The fourth-order valence-corrected chi connectivity index (χ4v) is 4.83. The van der Waals surface area contributed by atoms with Crippen molar-refractivity contribution in [2.75, 3.05) is 37.6 Å². The number of hydrogen-bond donors (Lipinski definition) is 1. The zero-order chi connectivity index (χ0) is 22.5. The van der Waals surface area contributed by atoms with Gasteiger partial charge in [0.25, 0.3) is 0 Å². The van der Waals surface area contributed by atoms with Crippen molar-refractivity contribution < 1.29 is 9.18 Å². The van der Waals surface area contributed by atoms with E-state index >= 15 is 0 Å². The molecule has 2 aliphatic heterocycles. The maximum Gasteiger partial charge on any atom is 0.224 e. The molecule has 2 aromatic rings. The van der Waals surface area contributed by atoms with Crippen LogP contribution in [0.2, 0.25) is 0 Å². The molecule has 1 unspecified atom stereocenters. The Morgan fingerprint density at radius 3 is 2.91 bits per heavy atom. The van der Waals surface area contributed by atoms with Gasteiger partial charge in [-0.3, -0.25) is 9.69 Å². The molecule has 2 heterocycles. The standard InChI is InChI=1S/C26H31FN4O/c1-19-5-7-22-17-30(13-9-21(22)14-19)11-3-10-29-26(32)23-4-2-12-31(18-23)25-8-6-20(16-28)15-24(25)27/h5-8,14-15,23H,2-4,9-13,17-18H2,1H3,(H,29,32). The highest BCUT2D eigenvalue weighted by Gasteiger charge is 2.27. The zero-order valence-corrected chi connectivity index (χ0v) is 18.7. The Morgan fingerprint density at radius 2 is 2.09 bits per heavy atom. The minimum absolute atomic E-state index is 0.0585. The minimum atomic E-state index is -0.400. The van der Waals surface area contributed by atoms with Crippen molar-refractivity contribution in [1.82, 2.24) is 10.2 Å². The van der Waals surface area contributed by atoms with Crippen LogP contribution in [0.4, 0.5) is 10.1 Å². The van der Waals surface area contributed by atoms with Crippen molar-refractivity contribution in [2.45, 2.75) is 39.2 Å². The number of nitrogens with one attached hydrogen (secondary N) is 1. The Hall–Kier alpha value is -2.91. The van der Waals surface area contributed by atoms with Gasteiger partial charge < -0.3 is 10.2 Å². The van der Waals surface area contributed by atoms with E-state index < -0.39 is 5.82 Å². The summed E-state index contributed by atoms with van der Waals surface area (Å²) < 4.78 is 14.4. The van der Waals surface area contributed by atoms with E-state index in [-0.39, 0.29) is 11.8 Å². The molecule has 4 rings (SSSR count). The first-order chi connectivity index (χ1) is 15.5. The monoisotopic (exact) mass is 434 g/mol. The molecule has 0 radical (unpaired) electrons. The van der Waals surface area contributed by atoms with E-state index in [0.29, 0.717) is 24.3 Å². The van der Waals surface area contributed by atoms with E-state index in [4.69, 9.17) is 5.26 Å². The molecule has 1 atom stereocenters. The highest BCUT2D eigenvalue weighted by Crippen LogP contribution is 2.26. The number of carbonyl (C=O) groups excluding carboxylic acids is 1. The van der Waals surface area contributed by atoms with Crippen LogP contribution >= 0.6 is 0 Å². The second-order valence-electron chi connectivity index (χ2n) is 9.01. The number of nitrogens with zero attached hydrogens (tertiary/aromatic N) is 3. The van der Waals surface area contributed by atoms with Gasteiger partial charge in [-0.25, -0.2) is 4.39 Å². The molecule has 0 spiro atoms. The van der Waals surface area contributed by atoms with Crippen molar-refractivity contribution in [1.29, 1.82) is 5.26 Å². The Kier molecular flexibility index (Phi) is 7.06. The van der Waals surface area contributed by atoms with Crippen LogP contribution in [0, 0.1) is 30.0 Å². The highest BCUT2D eigenvalue weighted by molar-refractivity contribution is 5.79. The first-order valence-corrected chi connectivity index (χ1v) is 11.6. The normalized spacial score (nSPS) is 18.7. The highest BCUT2D eigenvalue weighted by atomic mass is 19.1. The lowest BCUT2D eigenvalue weighted by Gasteiger charge is -2.34. The van der Waals surface area contributed by atoms with E-state index in [0.717, 1.165) is 51.9 Å². The maximum absolute atomic E-state index is 14.4. The lowest BCUT2D eigenvalue weighted by Crippen LogP contribution is -2.44. The van der Waals surface area contributed by atoms with Gasteiger partial charge in [-0.1, -0.05) is 23.8 Å². The molecule has 0 saturated carbocycles. The van der Waals surface area contributed by atoms with Gasteiger partial charge in [0, 0.05) is 39.3 Å². The molecule has 1 saturated heterocycles. The van der Waals surface area contributed by atoms with E-state index in [9.17, 15) is 9.18 Å². The van der Waals surface area contributed by atoms with Gasteiger partial charge in [0.15, 0.2) is 0 Å². The molecule has 1 fully saturated rings. The van der Waals surface area contributed by atoms with E-state index in [1.165, 1.54) is 22.8 Å². The van der Waals surface area contributed by atoms with Crippen LogP contribution in [-0.2, 0) is 17.8 Å². The van der Waals surface area contributed by atoms with Crippen LogP contribution in [0.15, 0.2) is 36.4 Å². The fraction of sp³-hybridized carbons (Fsp3) is 0.462. The topological polar surface area (TPSA) is 59.4 Å². The van der Waals surface area contributed by atoms with Gasteiger partial charge in [0.1, 0.15) is 5.82 Å². The smallest absolute Gasteiger partial charge is 0.224 e. The summed E-state index contributed by atoms with van der Waals surface area (Å²) in [5.41, 5.74) is 4.99. The predicted octanol–water partition coefficient (Wildman–Crippen LogP) is 3.79. The van der Waals surface area contributed by atoms with Crippen LogP contribution in [0.3, 0.4) is 0 Å². The predicted molar refractivity (Wildman–Crippen MR) is 124 cm³/mol. The molecule has 0 aromatic heterocycles. The number of anilines is 1. The number of amides is 1. The van der Waals surface area contributed by atoms with E-state index in [1.807, 2.05) is 11.0 Å². The average Bonchev–Trinajstić information content (AvgIpc) is 2.81. The van der Waals surface area contributed by atoms with Crippen molar-refractivity contribution in [2.24, 2.45) is 5.92 Å². The van der Waals surface area contributed by atoms with Crippen molar-refractivity contribution in [3.8, 4) is 6.07 Å². The molecule has 168 valence electrons. The Bertz CT molecular complexity index is 1020. The van der Waals surface area contributed by atoms with E-state index in [1.54, 1.807) is 12.1 Å². The summed E-state index contributed by atoms with van der Waals surface area (Å²) in [7, 11) is 0. The van der Waals surface area contributed by atoms with Gasteiger partial charge in [0.2, 0.25) is 5.91 Å². The molecule has 6 heteroatoms. The maximum atomic E-state index is 14.4. The summed E-state index contributed by atoms with van der Waals surface area (Å²) in [4.78, 5) is 17.1. The van der Waals surface area contributed by atoms with Crippen LogP contribution < -0.4 is 10.2 Å². The minimum Gasteiger partial charge on any atom is -0.368 e. The molecular formula is C26H31FN4O. The molecule has 1 N–H and O–H groups in total. The van der Waals surface area contributed by atoms with Crippen molar-refractivity contribution >= 4 is 11.6 Å². The van der Waals surface area contributed by atoms with Gasteiger partial charge in [-0.15, -0.1) is 0 Å². The second kappa shape index (κ2) is 10.1. The Labute approximate surface area is 189 Å². The summed E-state index contributed by atoms with van der Waals surface area (Å²) in [6, 6.07) is 13.2. The summed E-state index contributed by atoms with van der Waals surface area (Å²) >= 11 is 0. The fourth-order valence-electron chi connectivity index (χ4n) is 4.83. The first kappa shape index (κ1) is 22.3. The van der Waals surface area contributed by atoms with Crippen LogP contribution in [0.1, 0.15) is 41.5 Å². The molecule has 1 amide bonds. The van der Waals surface area contributed by atoms with Gasteiger partial charge >= 0.3 is 0 Å². The molecule has 2 aliphatic rings. The molecule has 0 aliphatic carbocycles. The van der Waals surface area contributed by atoms with E-state index in [2.05, 4.69) is 35.3 Å². The second-order valence-corrected chi connectivity index (χ2v) is 9.01. The average molecular weight is 435 g/mol. The number of aryl methyl sites for hydroxylation is 1. The third-order valence-electron chi connectivity index (χ3n) is 6.61. The molecular weight excluding hydrogens is 403 g/mol. The largest absolute Gasteiger partial charge is 0.368 e. The van der Waals surface area contributed by atoms with Crippen LogP contribution in [0.25, 0.3) is 0 Å².